The van der Waals surface area contributed by atoms with Gasteiger partial charge in [-0.05, 0) is 51.2 Å². The van der Waals surface area contributed by atoms with Gasteiger partial charge < -0.3 is 25.5 Å². The summed E-state index contributed by atoms with van der Waals surface area (Å²) in [4.78, 5) is 37.7. The highest BCUT2D eigenvalue weighted by Crippen LogP contribution is 2.45. The van der Waals surface area contributed by atoms with Crippen LogP contribution < -0.4 is 10.6 Å². The molecule has 1 aliphatic carbocycles. The zero-order valence-corrected chi connectivity index (χ0v) is 23.0. The van der Waals surface area contributed by atoms with E-state index in [1.807, 2.05) is 31.1 Å². The molecule has 11 nitrogen and oxygen atoms in total. The molecule has 0 aliphatic heterocycles. The lowest BCUT2D eigenvalue weighted by Gasteiger charge is -2.20. The van der Waals surface area contributed by atoms with Gasteiger partial charge in [-0.25, -0.2) is 14.5 Å². The lowest BCUT2D eigenvalue weighted by atomic mass is 9.95. The SMILES string of the molecule is CC(=O)Nc1nc2c(s1)-c1c(c(-c3cccnc3)nn1-c1ccc(NC(=O)N(C)CCN(C)C)cc1O)CC2. The fourth-order valence-corrected chi connectivity index (χ4v) is 5.55. The van der Waals surface area contributed by atoms with E-state index in [-0.39, 0.29) is 17.7 Å². The van der Waals surface area contributed by atoms with Crippen molar-refractivity contribution in [3.05, 3.63) is 54.0 Å². The molecule has 0 saturated heterocycles. The zero-order valence-electron chi connectivity index (χ0n) is 22.2. The summed E-state index contributed by atoms with van der Waals surface area (Å²) in [6.07, 6.45) is 4.88. The average Bonchev–Trinajstić information content (AvgIpc) is 3.48. The van der Waals surface area contributed by atoms with E-state index in [0.29, 0.717) is 35.9 Å². The molecule has 0 radical (unpaired) electrons. The van der Waals surface area contributed by atoms with Crippen molar-refractivity contribution in [1.29, 1.82) is 0 Å². The number of carbonyl (C=O) groups excluding carboxylic acids is 2. The van der Waals surface area contributed by atoms with Crippen molar-refractivity contribution in [3.63, 3.8) is 0 Å². The number of urea groups is 1. The van der Waals surface area contributed by atoms with E-state index in [1.54, 1.807) is 41.2 Å². The summed E-state index contributed by atoms with van der Waals surface area (Å²) < 4.78 is 1.72. The molecular weight excluding hydrogens is 516 g/mol. The first-order valence-corrected chi connectivity index (χ1v) is 13.3. The Morgan fingerprint density at radius 1 is 1.13 bits per heavy atom. The van der Waals surface area contributed by atoms with Crippen molar-refractivity contribution in [3.8, 4) is 33.3 Å². The fourth-order valence-electron chi connectivity index (χ4n) is 4.43. The lowest BCUT2D eigenvalue weighted by molar-refractivity contribution is -0.114. The summed E-state index contributed by atoms with van der Waals surface area (Å²) in [5.41, 5.74) is 5.29. The first-order chi connectivity index (χ1) is 18.7. The van der Waals surface area contributed by atoms with Crippen LogP contribution in [0, 0.1) is 0 Å². The number of likely N-dealkylation sites (N-methyl/N-ethyl adjacent to an activating group) is 2. The Kier molecular flexibility index (Phi) is 7.31. The molecule has 4 aromatic rings. The molecule has 202 valence electrons. The van der Waals surface area contributed by atoms with Gasteiger partial charge in [0.25, 0.3) is 0 Å². The van der Waals surface area contributed by atoms with Gasteiger partial charge in [-0.1, -0.05) is 11.3 Å². The van der Waals surface area contributed by atoms with Gasteiger partial charge in [-0.2, -0.15) is 5.10 Å². The molecule has 0 fully saturated rings. The molecule has 1 aliphatic rings. The molecule has 1 aromatic carbocycles. The number of rotatable bonds is 7. The quantitative estimate of drug-likeness (QED) is 0.321. The molecule has 3 heterocycles. The number of phenolic OH excluding ortho intramolecular Hbond substituents is 1. The van der Waals surface area contributed by atoms with E-state index in [9.17, 15) is 14.7 Å². The maximum atomic E-state index is 12.6. The van der Waals surface area contributed by atoms with Crippen LogP contribution >= 0.6 is 11.3 Å². The van der Waals surface area contributed by atoms with Gasteiger partial charge in [0.1, 0.15) is 11.4 Å². The molecule has 0 saturated carbocycles. The van der Waals surface area contributed by atoms with Gasteiger partial charge in [-0.3, -0.25) is 9.78 Å². The number of phenols is 1. The predicted octanol–water partition coefficient (Wildman–Crippen LogP) is 3.85. The number of nitrogens with zero attached hydrogens (tertiary/aromatic N) is 6. The van der Waals surface area contributed by atoms with Gasteiger partial charge in [0, 0.05) is 62.3 Å². The maximum absolute atomic E-state index is 12.6. The molecule has 0 unspecified atom stereocenters. The summed E-state index contributed by atoms with van der Waals surface area (Å²) >= 11 is 1.38. The monoisotopic (exact) mass is 546 g/mol. The summed E-state index contributed by atoms with van der Waals surface area (Å²) in [7, 11) is 5.63. The van der Waals surface area contributed by atoms with Crippen LogP contribution in [0.25, 0.3) is 27.5 Å². The number of aromatic nitrogens is 4. The molecule has 5 rings (SSSR count). The van der Waals surface area contributed by atoms with Gasteiger partial charge in [0.15, 0.2) is 5.13 Å². The molecule has 3 amide bonds. The predicted molar refractivity (Wildman–Crippen MR) is 151 cm³/mol. The summed E-state index contributed by atoms with van der Waals surface area (Å²) in [5.74, 6) is -0.223. The Morgan fingerprint density at radius 2 is 1.95 bits per heavy atom. The molecule has 12 heteroatoms. The maximum Gasteiger partial charge on any atom is 0.321 e. The van der Waals surface area contributed by atoms with Crippen LogP contribution in [-0.2, 0) is 17.6 Å². The van der Waals surface area contributed by atoms with Crippen molar-refractivity contribution < 1.29 is 14.7 Å². The minimum Gasteiger partial charge on any atom is -0.506 e. The Labute approximate surface area is 230 Å². The number of thiazole rings is 1. The Morgan fingerprint density at radius 3 is 2.64 bits per heavy atom. The van der Waals surface area contributed by atoms with Crippen LogP contribution in [0.5, 0.6) is 5.75 Å². The van der Waals surface area contributed by atoms with Crippen molar-refractivity contribution >= 4 is 34.1 Å². The van der Waals surface area contributed by atoms with Crippen molar-refractivity contribution in [2.75, 3.05) is 44.9 Å². The topological polar surface area (TPSA) is 129 Å². The highest BCUT2D eigenvalue weighted by atomic mass is 32.1. The Bertz CT molecular complexity index is 1530. The number of fused-ring (bicyclic) bond motifs is 3. The number of hydrogen-bond donors (Lipinski definition) is 3. The number of nitrogens with one attached hydrogen (secondary N) is 2. The summed E-state index contributed by atoms with van der Waals surface area (Å²) in [6, 6.07) is 8.54. The smallest absolute Gasteiger partial charge is 0.321 e. The molecule has 0 bridgehead atoms. The number of anilines is 2. The summed E-state index contributed by atoms with van der Waals surface area (Å²) in [6.45, 7) is 2.76. The van der Waals surface area contributed by atoms with Crippen molar-refractivity contribution in [2.45, 2.75) is 19.8 Å². The second-order valence-electron chi connectivity index (χ2n) is 9.66. The molecule has 0 spiro atoms. The van der Waals surface area contributed by atoms with Crippen molar-refractivity contribution in [1.82, 2.24) is 29.5 Å². The number of aryl methyl sites for hydroxylation is 1. The fraction of sp³-hybridized carbons (Fsp3) is 0.296. The number of benzene rings is 1. The number of amides is 3. The minimum atomic E-state index is -0.265. The summed E-state index contributed by atoms with van der Waals surface area (Å²) in [5, 5.41) is 22.2. The third-order valence-corrected chi connectivity index (χ3v) is 7.43. The first-order valence-electron chi connectivity index (χ1n) is 12.5. The van der Waals surface area contributed by atoms with E-state index in [4.69, 9.17) is 5.10 Å². The van der Waals surface area contributed by atoms with Gasteiger partial charge in [0.05, 0.1) is 22.0 Å². The molecule has 39 heavy (non-hydrogen) atoms. The molecule has 3 N–H and O–H groups in total. The van der Waals surface area contributed by atoms with Gasteiger partial charge >= 0.3 is 6.03 Å². The van der Waals surface area contributed by atoms with E-state index in [1.165, 1.54) is 24.3 Å². The molecule has 3 aromatic heterocycles. The van der Waals surface area contributed by atoms with Crippen LogP contribution in [0.1, 0.15) is 18.2 Å². The second kappa shape index (κ2) is 10.8. The van der Waals surface area contributed by atoms with E-state index < -0.39 is 0 Å². The first kappa shape index (κ1) is 26.3. The van der Waals surface area contributed by atoms with Crippen LogP contribution in [0.3, 0.4) is 0 Å². The molecular formula is C27H30N8O3S. The minimum absolute atomic E-state index is 0.0366. The van der Waals surface area contributed by atoms with Crippen molar-refractivity contribution in [2.24, 2.45) is 0 Å². The second-order valence-corrected chi connectivity index (χ2v) is 10.7. The number of pyridine rings is 1. The van der Waals surface area contributed by atoms with Crippen LogP contribution in [0.4, 0.5) is 15.6 Å². The number of carbonyl (C=O) groups is 2. The highest BCUT2D eigenvalue weighted by Gasteiger charge is 2.30. The third-order valence-electron chi connectivity index (χ3n) is 6.41. The largest absolute Gasteiger partial charge is 0.506 e. The van der Waals surface area contributed by atoms with Crippen LogP contribution in [0.15, 0.2) is 42.7 Å². The third kappa shape index (κ3) is 5.47. The Hall–Kier alpha value is -4.29. The number of aromatic hydroxyl groups is 1. The zero-order chi connectivity index (χ0) is 27.7. The highest BCUT2D eigenvalue weighted by molar-refractivity contribution is 7.19. The normalized spacial score (nSPS) is 12.1. The van der Waals surface area contributed by atoms with E-state index >= 15 is 0 Å². The van der Waals surface area contributed by atoms with Gasteiger partial charge in [0.2, 0.25) is 5.91 Å². The standard InChI is InChI=1S/C27H30N8O3S/c1-16(36)29-26-31-20-9-8-19-23(17-6-5-11-28-15-17)32-35(24(19)25(20)39-26)21-10-7-18(14-22(21)37)30-27(38)34(4)13-12-33(2)3/h5-7,10-11,14-15,37H,8-9,12-13H2,1-4H3,(H,30,38)(H,29,31,36). The van der Waals surface area contributed by atoms with Gasteiger partial charge in [-0.15, -0.1) is 0 Å². The molecule has 0 atom stereocenters. The number of hydrogen-bond acceptors (Lipinski definition) is 8. The van der Waals surface area contributed by atoms with E-state index in [0.717, 1.165) is 39.6 Å². The van der Waals surface area contributed by atoms with Crippen LogP contribution in [0.2, 0.25) is 0 Å². The average molecular weight is 547 g/mol. The van der Waals surface area contributed by atoms with Crippen LogP contribution in [-0.4, -0.2) is 80.8 Å². The Balaban J connectivity index is 1.53. The lowest BCUT2D eigenvalue weighted by Crippen LogP contribution is -2.36. The van der Waals surface area contributed by atoms with E-state index in [2.05, 4.69) is 20.6 Å².